The van der Waals surface area contributed by atoms with Gasteiger partial charge in [0.1, 0.15) is 0 Å². The minimum absolute atomic E-state index is 0.290. The minimum Gasteiger partial charge on any atom is -0.308 e. The van der Waals surface area contributed by atoms with Gasteiger partial charge in [-0.15, -0.1) is 12.3 Å². The highest BCUT2D eigenvalue weighted by Gasteiger charge is 2.37. The third kappa shape index (κ3) is 1.99. The van der Waals surface area contributed by atoms with Crippen molar-refractivity contribution in [2.75, 3.05) is 6.54 Å². The lowest BCUT2D eigenvalue weighted by atomic mass is 9.85. The highest BCUT2D eigenvalue weighted by Crippen LogP contribution is 2.44. The van der Waals surface area contributed by atoms with E-state index in [0.29, 0.717) is 6.04 Å². The normalized spacial score (nSPS) is 21.4. The van der Waals surface area contributed by atoms with E-state index in [2.05, 4.69) is 49.4 Å². The average Bonchev–Trinajstić information content (AvgIpc) is 2.50. The molecule has 1 aromatic carbocycles. The molecule has 1 N–H and O–H groups in total. The topological polar surface area (TPSA) is 12.0 Å². The lowest BCUT2D eigenvalue weighted by molar-refractivity contribution is 0.271. The van der Waals surface area contributed by atoms with Crippen molar-refractivity contribution in [1.82, 2.24) is 5.32 Å². The first-order valence-corrected chi connectivity index (χ1v) is 5.90. The summed E-state index contributed by atoms with van der Waals surface area (Å²) in [6, 6.07) is 9.16. The molecule has 0 bridgehead atoms. The quantitative estimate of drug-likeness (QED) is 0.601. The fraction of sp³-hybridized carbons (Fsp3) is 0.467. The van der Waals surface area contributed by atoms with Crippen molar-refractivity contribution in [2.24, 2.45) is 5.41 Å². The van der Waals surface area contributed by atoms with Gasteiger partial charge in [0.05, 0.1) is 0 Å². The maximum Gasteiger partial charge on any atom is 0.0378 e. The molecule has 0 radical (unpaired) electrons. The van der Waals surface area contributed by atoms with E-state index >= 15 is 0 Å². The summed E-state index contributed by atoms with van der Waals surface area (Å²) >= 11 is 0. The predicted molar refractivity (Wildman–Crippen MR) is 68.1 cm³/mol. The molecule has 1 unspecified atom stereocenters. The summed E-state index contributed by atoms with van der Waals surface area (Å²) in [4.78, 5) is 0. The zero-order chi connectivity index (χ0) is 11.6. The van der Waals surface area contributed by atoms with Gasteiger partial charge in [-0.1, -0.05) is 38.1 Å². The summed E-state index contributed by atoms with van der Waals surface area (Å²) in [6.45, 7) is 5.54. The second-order valence-corrected chi connectivity index (χ2v) is 5.21. The molecular formula is C15H19N. The molecule has 84 valence electrons. The van der Waals surface area contributed by atoms with Crippen LogP contribution in [0.5, 0.6) is 0 Å². The molecule has 1 atom stereocenters. The van der Waals surface area contributed by atoms with Crippen molar-refractivity contribution in [3.63, 3.8) is 0 Å². The number of rotatable bonds is 3. The van der Waals surface area contributed by atoms with Crippen LogP contribution in [0.1, 0.15) is 37.4 Å². The van der Waals surface area contributed by atoms with Crippen LogP contribution in [0.3, 0.4) is 0 Å². The molecule has 0 heterocycles. The highest BCUT2D eigenvalue weighted by molar-refractivity contribution is 5.37. The molecule has 0 amide bonds. The number of hydrogen-bond donors (Lipinski definition) is 1. The lowest BCUT2D eigenvalue weighted by Crippen LogP contribution is -2.31. The number of fused-ring (bicyclic) bond motifs is 1. The molecule has 0 saturated heterocycles. The van der Waals surface area contributed by atoms with Crippen molar-refractivity contribution in [1.29, 1.82) is 0 Å². The van der Waals surface area contributed by atoms with Gasteiger partial charge in [0, 0.05) is 19.0 Å². The Bertz CT molecular complexity index is 412. The Morgan fingerprint density at radius 2 is 2.19 bits per heavy atom. The maximum absolute atomic E-state index is 5.29. The van der Waals surface area contributed by atoms with E-state index < -0.39 is 0 Å². The molecule has 1 heteroatoms. The van der Waals surface area contributed by atoms with E-state index in [1.54, 1.807) is 0 Å². The first kappa shape index (κ1) is 11.2. The SMILES string of the molecule is C#CCCNC1c2ccccc2CC1(C)C. The molecule has 16 heavy (non-hydrogen) atoms. The van der Waals surface area contributed by atoms with Crippen LogP contribution in [0.2, 0.25) is 0 Å². The second-order valence-electron chi connectivity index (χ2n) is 5.21. The molecule has 1 nitrogen and oxygen atoms in total. The number of hydrogen-bond acceptors (Lipinski definition) is 1. The molecule has 1 aliphatic rings. The zero-order valence-electron chi connectivity index (χ0n) is 10.1. The van der Waals surface area contributed by atoms with Gasteiger partial charge in [-0.2, -0.15) is 0 Å². The van der Waals surface area contributed by atoms with Crippen molar-refractivity contribution in [2.45, 2.75) is 32.7 Å². The van der Waals surface area contributed by atoms with Crippen LogP contribution in [0, 0.1) is 17.8 Å². The number of nitrogens with one attached hydrogen (secondary N) is 1. The Kier molecular flexibility index (Phi) is 3.03. The minimum atomic E-state index is 0.290. The van der Waals surface area contributed by atoms with Gasteiger partial charge in [-0.3, -0.25) is 0 Å². The van der Waals surface area contributed by atoms with Gasteiger partial charge in [-0.05, 0) is 23.0 Å². The smallest absolute Gasteiger partial charge is 0.0378 e. The molecule has 1 aromatic rings. The van der Waals surface area contributed by atoms with Crippen LogP contribution < -0.4 is 5.32 Å². The summed E-state index contributed by atoms with van der Waals surface area (Å²) in [5.74, 6) is 2.68. The Labute approximate surface area is 98.3 Å². The molecule has 0 spiro atoms. The highest BCUT2D eigenvalue weighted by atomic mass is 14.9. The first-order chi connectivity index (χ1) is 7.65. The molecular weight excluding hydrogens is 194 g/mol. The van der Waals surface area contributed by atoms with Crippen LogP contribution in [0.15, 0.2) is 24.3 Å². The molecule has 0 aliphatic heterocycles. The largest absolute Gasteiger partial charge is 0.308 e. The fourth-order valence-corrected chi connectivity index (χ4v) is 2.67. The summed E-state index contributed by atoms with van der Waals surface area (Å²) in [5.41, 5.74) is 3.22. The Balaban J connectivity index is 2.19. The Morgan fingerprint density at radius 1 is 1.44 bits per heavy atom. The zero-order valence-corrected chi connectivity index (χ0v) is 10.1. The Morgan fingerprint density at radius 3 is 2.94 bits per heavy atom. The molecule has 0 fully saturated rings. The second kappa shape index (κ2) is 4.31. The average molecular weight is 213 g/mol. The van der Waals surface area contributed by atoms with E-state index in [9.17, 15) is 0 Å². The van der Waals surface area contributed by atoms with E-state index in [1.807, 2.05) is 0 Å². The van der Waals surface area contributed by atoms with Crippen molar-refractivity contribution in [3.05, 3.63) is 35.4 Å². The summed E-state index contributed by atoms with van der Waals surface area (Å²) in [5, 5.41) is 3.59. The third-order valence-electron chi connectivity index (χ3n) is 3.41. The van der Waals surface area contributed by atoms with E-state index in [0.717, 1.165) is 19.4 Å². The van der Waals surface area contributed by atoms with Gasteiger partial charge in [0.25, 0.3) is 0 Å². The predicted octanol–water partition coefficient (Wildman–Crippen LogP) is 2.92. The maximum atomic E-state index is 5.29. The fourth-order valence-electron chi connectivity index (χ4n) is 2.67. The van der Waals surface area contributed by atoms with E-state index in [-0.39, 0.29) is 5.41 Å². The van der Waals surface area contributed by atoms with Gasteiger partial charge in [-0.25, -0.2) is 0 Å². The van der Waals surface area contributed by atoms with Gasteiger partial charge >= 0.3 is 0 Å². The number of benzene rings is 1. The van der Waals surface area contributed by atoms with E-state index in [4.69, 9.17) is 6.42 Å². The van der Waals surface area contributed by atoms with Crippen molar-refractivity contribution < 1.29 is 0 Å². The molecule has 0 saturated carbocycles. The summed E-state index contributed by atoms with van der Waals surface area (Å²) in [7, 11) is 0. The van der Waals surface area contributed by atoms with Crippen LogP contribution in [-0.4, -0.2) is 6.54 Å². The van der Waals surface area contributed by atoms with Crippen LogP contribution in [0.4, 0.5) is 0 Å². The van der Waals surface area contributed by atoms with Crippen LogP contribution in [0.25, 0.3) is 0 Å². The summed E-state index contributed by atoms with van der Waals surface area (Å²) in [6.07, 6.45) is 7.24. The Hall–Kier alpha value is -1.26. The van der Waals surface area contributed by atoms with Gasteiger partial charge < -0.3 is 5.32 Å². The van der Waals surface area contributed by atoms with Crippen molar-refractivity contribution in [3.8, 4) is 12.3 Å². The van der Waals surface area contributed by atoms with Crippen molar-refractivity contribution >= 4 is 0 Å². The molecule has 0 aromatic heterocycles. The van der Waals surface area contributed by atoms with Crippen LogP contribution in [-0.2, 0) is 6.42 Å². The van der Waals surface area contributed by atoms with Gasteiger partial charge in [0.2, 0.25) is 0 Å². The first-order valence-electron chi connectivity index (χ1n) is 5.90. The lowest BCUT2D eigenvalue weighted by Gasteiger charge is -2.28. The standard InChI is InChI=1S/C15H19N/c1-4-5-10-16-14-13-9-7-6-8-12(13)11-15(14,2)3/h1,6-9,14,16H,5,10-11H2,2-3H3. The van der Waals surface area contributed by atoms with Gasteiger partial charge in [0.15, 0.2) is 0 Å². The molecule has 2 rings (SSSR count). The summed E-state index contributed by atoms with van der Waals surface area (Å²) < 4.78 is 0. The monoisotopic (exact) mass is 213 g/mol. The van der Waals surface area contributed by atoms with Crippen LogP contribution >= 0.6 is 0 Å². The third-order valence-corrected chi connectivity index (χ3v) is 3.41. The number of terminal acetylenes is 1. The molecule has 1 aliphatic carbocycles. The van der Waals surface area contributed by atoms with E-state index in [1.165, 1.54) is 11.1 Å².